The molecule has 0 saturated carbocycles. The summed E-state index contributed by atoms with van der Waals surface area (Å²) < 4.78 is 38.8. The fourth-order valence-corrected chi connectivity index (χ4v) is 2.52. The van der Waals surface area contributed by atoms with Gasteiger partial charge in [0, 0.05) is 6.92 Å². The first-order chi connectivity index (χ1) is 13.6. The number of carbonyl (C=O) groups excluding carboxylic acids is 1. The standard InChI is InChI=1S/C20H20F3N3O3/c1-12-7-5-10-17(24-14(3)27)18(12)19(26-28-4)29-25-13(2)15-8-6-9-16(11-15)20(21,22)23/h5-11H,1-4H3,(H,24,27)/b25-13+,26-19+. The number of nitrogens with one attached hydrogen (secondary N) is 1. The van der Waals surface area contributed by atoms with Gasteiger partial charge in [0.25, 0.3) is 5.90 Å². The lowest BCUT2D eigenvalue weighted by molar-refractivity contribution is -0.137. The maximum Gasteiger partial charge on any atom is 0.416 e. The molecule has 6 nitrogen and oxygen atoms in total. The normalized spacial score (nSPS) is 12.5. The maximum atomic E-state index is 12.9. The van der Waals surface area contributed by atoms with Crippen molar-refractivity contribution in [2.75, 3.05) is 12.4 Å². The van der Waals surface area contributed by atoms with Crippen LogP contribution >= 0.6 is 0 Å². The summed E-state index contributed by atoms with van der Waals surface area (Å²) in [6.45, 7) is 4.64. The van der Waals surface area contributed by atoms with Gasteiger partial charge in [0.05, 0.1) is 22.5 Å². The van der Waals surface area contributed by atoms with Gasteiger partial charge in [0.2, 0.25) is 5.91 Å². The van der Waals surface area contributed by atoms with Crippen LogP contribution in [0.25, 0.3) is 0 Å². The molecule has 0 fully saturated rings. The quantitative estimate of drug-likeness (QED) is 0.443. The third-order valence-corrected chi connectivity index (χ3v) is 3.85. The van der Waals surface area contributed by atoms with Crippen LogP contribution in [-0.2, 0) is 20.6 Å². The molecule has 0 spiro atoms. The van der Waals surface area contributed by atoms with Crippen molar-refractivity contribution in [3.63, 3.8) is 0 Å². The van der Waals surface area contributed by atoms with Crippen LogP contribution in [0.2, 0.25) is 0 Å². The average molecular weight is 407 g/mol. The molecule has 0 aliphatic carbocycles. The number of carbonyl (C=O) groups is 1. The molecule has 154 valence electrons. The molecule has 0 radical (unpaired) electrons. The number of rotatable bonds is 5. The van der Waals surface area contributed by atoms with Gasteiger partial charge in [0.15, 0.2) is 0 Å². The molecule has 0 unspecified atom stereocenters. The lowest BCUT2D eigenvalue weighted by atomic mass is 10.1. The van der Waals surface area contributed by atoms with Gasteiger partial charge >= 0.3 is 6.18 Å². The van der Waals surface area contributed by atoms with Crippen LogP contribution in [0.3, 0.4) is 0 Å². The van der Waals surface area contributed by atoms with Gasteiger partial charge in [-0.1, -0.05) is 29.4 Å². The molecule has 0 heterocycles. The molecule has 0 aliphatic rings. The molecule has 29 heavy (non-hydrogen) atoms. The highest BCUT2D eigenvalue weighted by atomic mass is 19.4. The van der Waals surface area contributed by atoms with Crippen LogP contribution in [0.5, 0.6) is 0 Å². The van der Waals surface area contributed by atoms with Gasteiger partial charge in [0.1, 0.15) is 7.11 Å². The molecule has 0 bridgehead atoms. The summed E-state index contributed by atoms with van der Waals surface area (Å²) in [4.78, 5) is 21.7. The molecule has 0 saturated heterocycles. The van der Waals surface area contributed by atoms with E-state index in [1.807, 2.05) is 0 Å². The molecule has 9 heteroatoms. The molecule has 1 N–H and O–H groups in total. The zero-order valence-electron chi connectivity index (χ0n) is 16.3. The Morgan fingerprint density at radius 2 is 1.76 bits per heavy atom. The Balaban J connectivity index is 2.38. The number of nitrogens with zero attached hydrogens (tertiary/aromatic N) is 2. The summed E-state index contributed by atoms with van der Waals surface area (Å²) >= 11 is 0. The fourth-order valence-electron chi connectivity index (χ4n) is 2.52. The molecular weight excluding hydrogens is 387 g/mol. The van der Waals surface area contributed by atoms with Gasteiger partial charge < -0.3 is 15.0 Å². The Morgan fingerprint density at radius 3 is 2.38 bits per heavy atom. The number of oxime groups is 2. The maximum absolute atomic E-state index is 12.9. The van der Waals surface area contributed by atoms with Crippen molar-refractivity contribution in [1.29, 1.82) is 0 Å². The third kappa shape index (κ3) is 5.81. The van der Waals surface area contributed by atoms with Crippen LogP contribution in [0.15, 0.2) is 52.8 Å². The molecule has 0 aromatic heterocycles. The Kier molecular flexibility index (Phi) is 6.98. The lowest BCUT2D eigenvalue weighted by Gasteiger charge is -2.13. The van der Waals surface area contributed by atoms with E-state index in [0.717, 1.165) is 17.7 Å². The molecule has 0 atom stereocenters. The highest BCUT2D eigenvalue weighted by molar-refractivity contribution is 6.05. The van der Waals surface area contributed by atoms with Crippen molar-refractivity contribution in [3.05, 3.63) is 64.7 Å². The zero-order valence-corrected chi connectivity index (χ0v) is 16.3. The number of alkyl halides is 3. The molecule has 2 aromatic carbocycles. The van der Waals surface area contributed by atoms with Crippen LogP contribution in [0, 0.1) is 6.92 Å². The SMILES string of the molecule is CO/N=C(/O/N=C(\C)c1cccc(C(F)(F)F)c1)c1c(C)cccc1NC(C)=O. The second-order valence-electron chi connectivity index (χ2n) is 6.10. The van der Waals surface area contributed by atoms with Gasteiger partial charge in [-0.05, 0) is 48.3 Å². The first-order valence-electron chi connectivity index (χ1n) is 8.51. The van der Waals surface area contributed by atoms with Crippen LogP contribution in [0.4, 0.5) is 18.9 Å². The van der Waals surface area contributed by atoms with Crippen molar-refractivity contribution in [2.45, 2.75) is 26.9 Å². The van der Waals surface area contributed by atoms with Gasteiger partial charge in [-0.15, -0.1) is 0 Å². The van der Waals surface area contributed by atoms with E-state index in [9.17, 15) is 18.0 Å². The minimum Gasteiger partial charge on any atom is -0.396 e. The Bertz CT molecular complexity index is 953. The summed E-state index contributed by atoms with van der Waals surface area (Å²) in [5.74, 6) is -0.349. The van der Waals surface area contributed by atoms with E-state index in [-0.39, 0.29) is 23.1 Å². The van der Waals surface area contributed by atoms with E-state index in [1.165, 1.54) is 33.1 Å². The summed E-state index contributed by atoms with van der Waals surface area (Å²) in [5, 5.41) is 10.4. The highest BCUT2D eigenvalue weighted by Crippen LogP contribution is 2.29. The number of hydrogen-bond acceptors (Lipinski definition) is 5. The summed E-state index contributed by atoms with van der Waals surface area (Å²) in [7, 11) is 1.31. The number of amides is 1. The topological polar surface area (TPSA) is 72.3 Å². The Labute approximate surface area is 166 Å². The number of benzene rings is 2. The van der Waals surface area contributed by atoms with Crippen molar-refractivity contribution in [1.82, 2.24) is 0 Å². The smallest absolute Gasteiger partial charge is 0.396 e. The van der Waals surface area contributed by atoms with Crippen molar-refractivity contribution >= 4 is 23.2 Å². The number of hydrogen-bond donors (Lipinski definition) is 1. The van der Waals surface area contributed by atoms with E-state index < -0.39 is 11.7 Å². The third-order valence-electron chi connectivity index (χ3n) is 3.85. The minimum atomic E-state index is -4.46. The van der Waals surface area contributed by atoms with Crippen LogP contribution < -0.4 is 5.32 Å². The van der Waals surface area contributed by atoms with E-state index >= 15 is 0 Å². The summed E-state index contributed by atoms with van der Waals surface area (Å²) in [5.41, 5.74) is 1.24. The van der Waals surface area contributed by atoms with Crippen molar-refractivity contribution < 1.29 is 27.6 Å². The second kappa shape index (κ2) is 9.22. The first kappa shape index (κ1) is 21.9. The first-order valence-corrected chi connectivity index (χ1v) is 8.51. The van der Waals surface area contributed by atoms with E-state index in [4.69, 9.17) is 9.68 Å². The Morgan fingerprint density at radius 1 is 1.07 bits per heavy atom. The van der Waals surface area contributed by atoms with Gasteiger partial charge in [-0.2, -0.15) is 13.2 Å². The molecule has 2 rings (SSSR count). The molecule has 2 aromatic rings. The molecule has 1 amide bonds. The Hall–Kier alpha value is -3.36. The largest absolute Gasteiger partial charge is 0.416 e. The zero-order chi connectivity index (χ0) is 21.6. The number of anilines is 1. The van der Waals surface area contributed by atoms with Gasteiger partial charge in [-0.3, -0.25) is 4.79 Å². The number of aryl methyl sites for hydroxylation is 1. The van der Waals surface area contributed by atoms with Crippen molar-refractivity contribution in [3.8, 4) is 0 Å². The fraction of sp³-hybridized carbons (Fsp3) is 0.250. The van der Waals surface area contributed by atoms with E-state index in [1.54, 1.807) is 25.1 Å². The van der Waals surface area contributed by atoms with Crippen LogP contribution in [0.1, 0.15) is 36.1 Å². The lowest BCUT2D eigenvalue weighted by Crippen LogP contribution is -2.15. The molecular formula is C20H20F3N3O3. The molecule has 0 aliphatic heterocycles. The predicted octanol–water partition coefficient (Wildman–Crippen LogP) is 4.72. The summed E-state index contributed by atoms with van der Waals surface area (Å²) in [6.07, 6.45) is -4.46. The van der Waals surface area contributed by atoms with Gasteiger partial charge in [-0.25, -0.2) is 0 Å². The minimum absolute atomic E-state index is 0.0549. The highest BCUT2D eigenvalue weighted by Gasteiger charge is 2.30. The monoisotopic (exact) mass is 407 g/mol. The average Bonchev–Trinajstić information content (AvgIpc) is 2.64. The van der Waals surface area contributed by atoms with E-state index in [2.05, 4.69) is 15.6 Å². The van der Waals surface area contributed by atoms with E-state index in [0.29, 0.717) is 11.3 Å². The predicted molar refractivity (Wildman–Crippen MR) is 104 cm³/mol. The van der Waals surface area contributed by atoms with Crippen molar-refractivity contribution in [2.24, 2.45) is 10.3 Å². The number of halogens is 3. The second-order valence-corrected chi connectivity index (χ2v) is 6.10. The van der Waals surface area contributed by atoms with Crippen LogP contribution in [-0.4, -0.2) is 24.6 Å². The summed E-state index contributed by atoms with van der Waals surface area (Å²) in [6, 6.07) is 9.90.